The Bertz CT molecular complexity index is 1150. The maximum Gasteiger partial charge on any atom is 0.258 e. The molecular formula is C22H25ClN6O4. The van der Waals surface area contributed by atoms with Crippen LogP contribution in [0.1, 0.15) is 34.4 Å². The number of nitrogens with zero attached hydrogens (tertiary/aromatic N) is 6. The van der Waals surface area contributed by atoms with E-state index < -0.39 is 0 Å². The number of amides is 1. The molecule has 10 nitrogen and oxygen atoms in total. The third kappa shape index (κ3) is 3.93. The van der Waals surface area contributed by atoms with Crippen LogP contribution in [0, 0.1) is 0 Å². The largest absolute Gasteiger partial charge is 0.383 e. The number of carbonyl (C=O) groups is 1. The topological polar surface area (TPSA) is 98.8 Å². The normalized spacial score (nSPS) is 16.9. The molecule has 0 saturated carbocycles. The Morgan fingerprint density at radius 3 is 2.73 bits per heavy atom. The molecule has 1 fully saturated rings. The van der Waals surface area contributed by atoms with Gasteiger partial charge in [0.1, 0.15) is 12.0 Å². The van der Waals surface area contributed by atoms with Gasteiger partial charge in [-0.05, 0) is 18.6 Å². The molecule has 1 saturated heterocycles. The van der Waals surface area contributed by atoms with E-state index in [4.69, 9.17) is 25.6 Å². The summed E-state index contributed by atoms with van der Waals surface area (Å²) in [6.45, 7) is 3.76. The lowest BCUT2D eigenvalue weighted by molar-refractivity contribution is 0.0461. The predicted octanol–water partition coefficient (Wildman–Crippen LogP) is 2.57. The Labute approximate surface area is 196 Å². The Morgan fingerprint density at radius 1 is 1.24 bits per heavy atom. The van der Waals surface area contributed by atoms with E-state index >= 15 is 0 Å². The minimum absolute atomic E-state index is 0.0674. The number of imidazole rings is 1. The van der Waals surface area contributed by atoms with Crippen molar-refractivity contribution >= 4 is 17.5 Å². The molecule has 33 heavy (non-hydrogen) atoms. The summed E-state index contributed by atoms with van der Waals surface area (Å²) in [6.07, 6.45) is 2.54. The number of rotatable bonds is 9. The van der Waals surface area contributed by atoms with Crippen LogP contribution in [0.4, 0.5) is 0 Å². The number of ether oxygens (including phenoxy) is 2. The summed E-state index contributed by atoms with van der Waals surface area (Å²) in [5.74, 6) is 0.821. The molecule has 4 heterocycles. The van der Waals surface area contributed by atoms with Crippen LogP contribution >= 0.6 is 11.6 Å². The lowest BCUT2D eigenvalue weighted by Crippen LogP contribution is -2.44. The van der Waals surface area contributed by atoms with Crippen molar-refractivity contribution in [3.05, 3.63) is 46.7 Å². The molecule has 0 unspecified atom stereocenters. The standard InChI is InChI=1S/C22H25ClN6O4/c1-31-10-8-27(9-11-32-2)12-17-25-21(26-33-17)19-20-16-6-7-28(16)22(30)18-14(23)4-3-5-15(18)29(20)13-24-19/h3-5,13,16H,6-12H2,1-2H3/t16-/m0/s1. The second-order valence-corrected chi connectivity index (χ2v) is 8.47. The number of halogens is 1. The number of hydrogen-bond donors (Lipinski definition) is 0. The summed E-state index contributed by atoms with van der Waals surface area (Å²) in [5.41, 5.74) is 2.69. The summed E-state index contributed by atoms with van der Waals surface area (Å²) < 4.78 is 17.9. The van der Waals surface area contributed by atoms with E-state index in [0.717, 1.165) is 12.1 Å². The molecule has 2 aliphatic heterocycles. The van der Waals surface area contributed by atoms with Gasteiger partial charge in [0.2, 0.25) is 11.7 Å². The quantitative estimate of drug-likeness (QED) is 0.468. The fourth-order valence-electron chi connectivity index (χ4n) is 4.34. The highest BCUT2D eigenvalue weighted by Crippen LogP contribution is 2.44. The van der Waals surface area contributed by atoms with Gasteiger partial charge in [0.05, 0.1) is 47.8 Å². The van der Waals surface area contributed by atoms with Crippen molar-refractivity contribution in [1.29, 1.82) is 0 Å². The van der Waals surface area contributed by atoms with Crippen molar-refractivity contribution in [2.75, 3.05) is 47.1 Å². The van der Waals surface area contributed by atoms with Crippen LogP contribution < -0.4 is 0 Å². The molecule has 0 spiro atoms. The SMILES string of the molecule is COCCN(CCOC)Cc1nc(-c2ncn3c2[C@@H]2CCN2C(=O)c2c(Cl)cccc2-3)no1. The first-order valence-corrected chi connectivity index (χ1v) is 11.2. The zero-order valence-electron chi connectivity index (χ0n) is 18.5. The fourth-order valence-corrected chi connectivity index (χ4v) is 4.59. The van der Waals surface area contributed by atoms with Gasteiger partial charge in [-0.3, -0.25) is 14.3 Å². The minimum Gasteiger partial charge on any atom is -0.383 e. The second-order valence-electron chi connectivity index (χ2n) is 8.06. The van der Waals surface area contributed by atoms with Crippen LogP contribution in [0.3, 0.4) is 0 Å². The Hall–Kier alpha value is -2.79. The molecular weight excluding hydrogens is 448 g/mol. The van der Waals surface area contributed by atoms with Gasteiger partial charge in [-0.1, -0.05) is 22.8 Å². The molecule has 2 aromatic heterocycles. The van der Waals surface area contributed by atoms with E-state index in [-0.39, 0.29) is 11.9 Å². The monoisotopic (exact) mass is 472 g/mol. The van der Waals surface area contributed by atoms with Crippen LogP contribution in [0.15, 0.2) is 29.0 Å². The first-order chi connectivity index (χ1) is 16.1. The molecule has 3 aromatic rings. The van der Waals surface area contributed by atoms with Crippen molar-refractivity contribution in [2.45, 2.75) is 19.0 Å². The van der Waals surface area contributed by atoms with E-state index in [2.05, 4.69) is 20.0 Å². The highest BCUT2D eigenvalue weighted by Gasteiger charge is 2.43. The number of fused-ring (bicyclic) bond motifs is 5. The Morgan fingerprint density at radius 2 is 2.03 bits per heavy atom. The molecule has 5 rings (SSSR count). The first-order valence-electron chi connectivity index (χ1n) is 10.8. The van der Waals surface area contributed by atoms with Gasteiger partial charge in [0.25, 0.3) is 5.91 Å². The third-order valence-electron chi connectivity index (χ3n) is 6.13. The van der Waals surface area contributed by atoms with Gasteiger partial charge in [-0.25, -0.2) is 4.98 Å². The lowest BCUT2D eigenvalue weighted by Gasteiger charge is -2.39. The molecule has 0 N–H and O–H groups in total. The molecule has 0 bridgehead atoms. The summed E-state index contributed by atoms with van der Waals surface area (Å²) in [7, 11) is 3.34. The lowest BCUT2D eigenvalue weighted by atomic mass is 9.97. The van der Waals surface area contributed by atoms with Crippen molar-refractivity contribution in [2.24, 2.45) is 0 Å². The van der Waals surface area contributed by atoms with Gasteiger partial charge in [-0.15, -0.1) is 0 Å². The summed E-state index contributed by atoms with van der Waals surface area (Å²) >= 11 is 6.42. The minimum atomic E-state index is -0.111. The molecule has 1 aromatic carbocycles. The molecule has 0 radical (unpaired) electrons. The van der Waals surface area contributed by atoms with Crippen LogP contribution in [-0.2, 0) is 16.0 Å². The molecule has 2 aliphatic rings. The smallest absolute Gasteiger partial charge is 0.258 e. The molecule has 0 aliphatic carbocycles. The van der Waals surface area contributed by atoms with E-state index in [0.29, 0.717) is 73.1 Å². The number of aromatic nitrogens is 4. The van der Waals surface area contributed by atoms with Gasteiger partial charge in [-0.2, -0.15) is 4.98 Å². The highest BCUT2D eigenvalue weighted by molar-refractivity contribution is 6.34. The first kappa shape index (κ1) is 22.0. The van der Waals surface area contributed by atoms with Crippen molar-refractivity contribution in [3.63, 3.8) is 0 Å². The van der Waals surface area contributed by atoms with E-state index in [1.807, 2.05) is 21.6 Å². The molecule has 1 atom stereocenters. The zero-order chi connectivity index (χ0) is 22.9. The molecule has 174 valence electrons. The van der Waals surface area contributed by atoms with Gasteiger partial charge < -0.3 is 18.9 Å². The van der Waals surface area contributed by atoms with Gasteiger partial charge >= 0.3 is 0 Å². The maximum absolute atomic E-state index is 13.2. The third-order valence-corrected chi connectivity index (χ3v) is 6.44. The zero-order valence-corrected chi connectivity index (χ0v) is 19.3. The maximum atomic E-state index is 13.2. The van der Waals surface area contributed by atoms with Crippen molar-refractivity contribution in [1.82, 2.24) is 29.5 Å². The Kier molecular flexibility index (Phi) is 6.15. The van der Waals surface area contributed by atoms with E-state index in [1.54, 1.807) is 26.6 Å². The second kappa shape index (κ2) is 9.22. The highest BCUT2D eigenvalue weighted by atomic mass is 35.5. The number of hydrogen-bond acceptors (Lipinski definition) is 8. The van der Waals surface area contributed by atoms with Gasteiger partial charge in [0.15, 0.2) is 0 Å². The predicted molar refractivity (Wildman–Crippen MR) is 119 cm³/mol. The van der Waals surface area contributed by atoms with Crippen LogP contribution in [-0.4, -0.2) is 82.5 Å². The van der Waals surface area contributed by atoms with Crippen molar-refractivity contribution in [3.8, 4) is 17.2 Å². The number of benzene rings is 1. The number of methoxy groups -OCH3 is 2. The summed E-state index contributed by atoms with van der Waals surface area (Å²) in [4.78, 5) is 26.4. The van der Waals surface area contributed by atoms with Crippen LogP contribution in [0.2, 0.25) is 5.02 Å². The van der Waals surface area contributed by atoms with Crippen LogP contribution in [0.25, 0.3) is 17.2 Å². The average molecular weight is 473 g/mol. The summed E-state index contributed by atoms with van der Waals surface area (Å²) in [5, 5.41) is 4.64. The van der Waals surface area contributed by atoms with E-state index in [1.165, 1.54) is 0 Å². The van der Waals surface area contributed by atoms with Crippen molar-refractivity contribution < 1.29 is 18.8 Å². The molecule has 1 amide bonds. The summed E-state index contributed by atoms with van der Waals surface area (Å²) in [6, 6.07) is 5.34. The fraction of sp³-hybridized carbons (Fsp3) is 0.455. The van der Waals surface area contributed by atoms with Gasteiger partial charge in [0, 0.05) is 33.9 Å². The molecule has 11 heteroatoms. The Balaban J connectivity index is 1.48. The average Bonchev–Trinajstić information content (AvgIpc) is 3.40. The van der Waals surface area contributed by atoms with Crippen LogP contribution in [0.5, 0.6) is 0 Å². The van der Waals surface area contributed by atoms with E-state index in [9.17, 15) is 4.79 Å². The number of carbonyl (C=O) groups excluding carboxylic acids is 1.